The molecule has 0 saturated heterocycles. The largest absolute Gasteiger partial charge is 0.494 e. The second-order valence-corrected chi connectivity index (χ2v) is 5.16. The monoisotopic (exact) mass is 352 g/mol. The Kier molecular flexibility index (Phi) is 4.80. The lowest BCUT2D eigenvalue weighted by molar-refractivity contribution is 0.102. The normalized spacial score (nSPS) is 10.2. The van der Waals surface area contributed by atoms with E-state index >= 15 is 0 Å². The van der Waals surface area contributed by atoms with Crippen molar-refractivity contribution in [3.05, 3.63) is 52.3 Å². The molecule has 4 nitrogen and oxygen atoms in total. The Balaban J connectivity index is 2.21. The van der Waals surface area contributed by atoms with Gasteiger partial charge in [-0.2, -0.15) is 0 Å². The first-order chi connectivity index (χ1) is 9.99. The third-order valence-corrected chi connectivity index (χ3v) is 3.29. The molecule has 0 atom stereocenters. The second kappa shape index (κ2) is 6.58. The maximum Gasteiger partial charge on any atom is 0.255 e. The molecule has 2 rings (SSSR count). The standard InChI is InChI=1S/C15H14BrFN2O2/c1-2-21-12-6-9(5-10(18)7-12)15(20)19-11-3-4-14(17)13(16)8-11/h3-8H,2,18H2,1H3,(H,19,20). The summed E-state index contributed by atoms with van der Waals surface area (Å²) in [5.74, 6) is -0.208. The summed E-state index contributed by atoms with van der Waals surface area (Å²) in [6.07, 6.45) is 0. The topological polar surface area (TPSA) is 64.3 Å². The number of carbonyl (C=O) groups excluding carboxylic acids is 1. The van der Waals surface area contributed by atoms with Crippen LogP contribution in [0.2, 0.25) is 0 Å². The van der Waals surface area contributed by atoms with Crippen LogP contribution in [0.4, 0.5) is 15.8 Å². The number of halogens is 2. The molecule has 0 aromatic heterocycles. The molecule has 0 aliphatic carbocycles. The van der Waals surface area contributed by atoms with Crippen molar-refractivity contribution in [3.63, 3.8) is 0 Å². The minimum atomic E-state index is -0.393. The number of carbonyl (C=O) groups is 1. The molecule has 3 N–H and O–H groups in total. The summed E-state index contributed by atoms with van der Waals surface area (Å²) in [6.45, 7) is 2.33. The molecule has 21 heavy (non-hydrogen) atoms. The van der Waals surface area contributed by atoms with E-state index in [-0.39, 0.29) is 10.4 Å². The van der Waals surface area contributed by atoms with Crippen LogP contribution in [0.25, 0.3) is 0 Å². The summed E-state index contributed by atoms with van der Waals surface area (Å²) in [5, 5.41) is 2.68. The van der Waals surface area contributed by atoms with Crippen molar-refractivity contribution < 1.29 is 13.9 Å². The SMILES string of the molecule is CCOc1cc(N)cc(C(=O)Nc2ccc(F)c(Br)c2)c1. The molecule has 0 heterocycles. The van der Waals surface area contributed by atoms with Gasteiger partial charge in [-0.25, -0.2) is 4.39 Å². The molecule has 0 bridgehead atoms. The van der Waals surface area contributed by atoms with Gasteiger partial charge in [0, 0.05) is 23.0 Å². The van der Waals surface area contributed by atoms with Gasteiger partial charge in [-0.3, -0.25) is 4.79 Å². The fraction of sp³-hybridized carbons (Fsp3) is 0.133. The number of nitrogens with one attached hydrogen (secondary N) is 1. The minimum absolute atomic E-state index is 0.280. The van der Waals surface area contributed by atoms with Crippen molar-refractivity contribution in [2.45, 2.75) is 6.92 Å². The molecule has 0 aliphatic heterocycles. The van der Waals surface area contributed by atoms with Crippen LogP contribution in [-0.4, -0.2) is 12.5 Å². The Morgan fingerprint density at radius 2 is 2.10 bits per heavy atom. The van der Waals surface area contributed by atoms with Gasteiger partial charge in [0.25, 0.3) is 5.91 Å². The highest BCUT2D eigenvalue weighted by Gasteiger charge is 2.10. The number of nitrogen functional groups attached to an aromatic ring is 1. The van der Waals surface area contributed by atoms with Gasteiger partial charge in [0.2, 0.25) is 0 Å². The van der Waals surface area contributed by atoms with E-state index in [4.69, 9.17) is 10.5 Å². The first-order valence-corrected chi connectivity index (χ1v) is 7.08. The highest BCUT2D eigenvalue weighted by molar-refractivity contribution is 9.10. The highest BCUT2D eigenvalue weighted by atomic mass is 79.9. The van der Waals surface area contributed by atoms with E-state index in [2.05, 4.69) is 21.2 Å². The number of hydrogen-bond acceptors (Lipinski definition) is 3. The van der Waals surface area contributed by atoms with Crippen molar-refractivity contribution in [1.29, 1.82) is 0 Å². The van der Waals surface area contributed by atoms with Gasteiger partial charge in [-0.05, 0) is 53.2 Å². The van der Waals surface area contributed by atoms with Gasteiger partial charge in [0.1, 0.15) is 11.6 Å². The maximum atomic E-state index is 13.2. The quantitative estimate of drug-likeness (QED) is 0.822. The summed E-state index contributed by atoms with van der Waals surface area (Å²) in [4.78, 5) is 12.2. The van der Waals surface area contributed by atoms with Gasteiger partial charge in [-0.1, -0.05) is 0 Å². The molecular weight excluding hydrogens is 339 g/mol. The molecular formula is C15H14BrFN2O2. The smallest absolute Gasteiger partial charge is 0.255 e. The Bertz CT molecular complexity index is 677. The third kappa shape index (κ3) is 3.95. The summed E-state index contributed by atoms with van der Waals surface area (Å²) in [6, 6.07) is 9.04. The lowest BCUT2D eigenvalue weighted by Crippen LogP contribution is -2.12. The minimum Gasteiger partial charge on any atom is -0.494 e. The fourth-order valence-corrected chi connectivity index (χ4v) is 2.16. The highest BCUT2D eigenvalue weighted by Crippen LogP contribution is 2.22. The second-order valence-electron chi connectivity index (χ2n) is 4.31. The van der Waals surface area contributed by atoms with Crippen molar-refractivity contribution in [2.75, 3.05) is 17.7 Å². The summed E-state index contributed by atoms with van der Waals surface area (Å²) in [7, 11) is 0. The van der Waals surface area contributed by atoms with Crippen LogP contribution in [0, 0.1) is 5.82 Å². The average molecular weight is 353 g/mol. The molecule has 0 spiro atoms. The van der Waals surface area contributed by atoms with Gasteiger partial charge < -0.3 is 15.8 Å². The molecule has 0 radical (unpaired) electrons. The first-order valence-electron chi connectivity index (χ1n) is 6.29. The first kappa shape index (κ1) is 15.3. The molecule has 2 aromatic rings. The predicted molar refractivity (Wildman–Crippen MR) is 84.1 cm³/mol. The number of benzene rings is 2. The van der Waals surface area contributed by atoms with E-state index in [0.29, 0.717) is 29.3 Å². The van der Waals surface area contributed by atoms with Crippen LogP contribution in [0.15, 0.2) is 40.9 Å². The van der Waals surface area contributed by atoms with Crippen LogP contribution in [0.3, 0.4) is 0 Å². The molecule has 110 valence electrons. The van der Waals surface area contributed by atoms with Crippen molar-refractivity contribution >= 4 is 33.2 Å². The summed E-state index contributed by atoms with van der Waals surface area (Å²) >= 11 is 3.07. The molecule has 2 aromatic carbocycles. The van der Waals surface area contributed by atoms with Crippen LogP contribution >= 0.6 is 15.9 Å². The van der Waals surface area contributed by atoms with Crippen molar-refractivity contribution in [3.8, 4) is 5.75 Å². The number of amides is 1. The van der Waals surface area contributed by atoms with Gasteiger partial charge in [0.05, 0.1) is 11.1 Å². The lowest BCUT2D eigenvalue weighted by atomic mass is 10.1. The number of hydrogen-bond donors (Lipinski definition) is 2. The molecule has 0 aliphatic rings. The zero-order chi connectivity index (χ0) is 15.4. The van der Waals surface area contributed by atoms with E-state index < -0.39 is 5.82 Å². The Morgan fingerprint density at radius 3 is 2.76 bits per heavy atom. The molecule has 1 amide bonds. The van der Waals surface area contributed by atoms with E-state index in [9.17, 15) is 9.18 Å². The average Bonchev–Trinajstić information content (AvgIpc) is 2.42. The van der Waals surface area contributed by atoms with E-state index in [1.807, 2.05) is 6.92 Å². The zero-order valence-electron chi connectivity index (χ0n) is 11.3. The summed E-state index contributed by atoms with van der Waals surface area (Å²) in [5.41, 5.74) is 7.04. The van der Waals surface area contributed by atoms with E-state index in [1.165, 1.54) is 18.2 Å². The molecule has 0 unspecified atom stereocenters. The van der Waals surface area contributed by atoms with Gasteiger partial charge >= 0.3 is 0 Å². The van der Waals surface area contributed by atoms with Crippen LogP contribution in [0.1, 0.15) is 17.3 Å². The lowest BCUT2D eigenvalue weighted by Gasteiger charge is -2.09. The molecule has 6 heteroatoms. The molecule has 0 saturated carbocycles. The zero-order valence-corrected chi connectivity index (χ0v) is 12.9. The van der Waals surface area contributed by atoms with Crippen LogP contribution < -0.4 is 15.8 Å². The van der Waals surface area contributed by atoms with Gasteiger partial charge in [-0.15, -0.1) is 0 Å². The van der Waals surface area contributed by atoms with Crippen molar-refractivity contribution in [2.24, 2.45) is 0 Å². The Morgan fingerprint density at radius 1 is 1.33 bits per heavy atom. The number of anilines is 2. The Labute approximate surface area is 130 Å². The van der Waals surface area contributed by atoms with E-state index in [0.717, 1.165) is 0 Å². The summed E-state index contributed by atoms with van der Waals surface area (Å²) < 4.78 is 18.8. The number of rotatable bonds is 4. The maximum absolute atomic E-state index is 13.2. The number of nitrogens with two attached hydrogens (primary N) is 1. The van der Waals surface area contributed by atoms with Gasteiger partial charge in [0.15, 0.2) is 0 Å². The van der Waals surface area contributed by atoms with Crippen LogP contribution in [0.5, 0.6) is 5.75 Å². The predicted octanol–water partition coefficient (Wildman–Crippen LogP) is 3.82. The van der Waals surface area contributed by atoms with E-state index in [1.54, 1.807) is 18.2 Å². The number of ether oxygens (including phenoxy) is 1. The van der Waals surface area contributed by atoms with Crippen molar-refractivity contribution in [1.82, 2.24) is 0 Å². The Hall–Kier alpha value is -2.08. The van der Waals surface area contributed by atoms with Crippen LogP contribution in [-0.2, 0) is 0 Å². The third-order valence-electron chi connectivity index (χ3n) is 2.68. The fourth-order valence-electron chi connectivity index (χ4n) is 1.78. The molecule has 0 fully saturated rings.